The van der Waals surface area contributed by atoms with Gasteiger partial charge in [-0.15, -0.1) is 11.3 Å². The number of anilines is 1. The Bertz CT molecular complexity index is 893. The Kier molecular flexibility index (Phi) is 6.92. The Labute approximate surface area is 193 Å². The van der Waals surface area contributed by atoms with Crippen molar-refractivity contribution in [2.45, 2.75) is 25.5 Å². The Morgan fingerprint density at radius 1 is 1.03 bits per heavy atom. The highest BCUT2D eigenvalue weighted by atomic mass is 32.1. The fraction of sp³-hybridized carbons (Fsp3) is 0.542. The van der Waals surface area contributed by atoms with E-state index in [9.17, 15) is 4.79 Å². The first-order valence-electron chi connectivity index (χ1n) is 11.5. The zero-order valence-electron chi connectivity index (χ0n) is 18.4. The molecule has 5 rings (SSSR count). The zero-order chi connectivity index (χ0) is 21.8. The molecule has 0 spiro atoms. The zero-order valence-corrected chi connectivity index (χ0v) is 19.2. The molecule has 3 aliphatic heterocycles. The van der Waals surface area contributed by atoms with Crippen molar-refractivity contribution in [2.75, 3.05) is 64.0 Å². The van der Waals surface area contributed by atoms with Crippen molar-refractivity contribution < 1.29 is 19.0 Å². The minimum atomic E-state index is 0.114. The van der Waals surface area contributed by atoms with E-state index in [0.717, 1.165) is 55.6 Å². The van der Waals surface area contributed by atoms with Crippen molar-refractivity contribution in [3.05, 3.63) is 40.6 Å². The van der Waals surface area contributed by atoms with E-state index in [1.54, 1.807) is 11.3 Å². The van der Waals surface area contributed by atoms with Gasteiger partial charge in [-0.05, 0) is 36.4 Å². The lowest BCUT2D eigenvalue weighted by molar-refractivity contribution is -0.120. The van der Waals surface area contributed by atoms with Crippen molar-refractivity contribution in [1.29, 1.82) is 0 Å². The van der Waals surface area contributed by atoms with Crippen LogP contribution in [0.5, 0.6) is 11.5 Å². The van der Waals surface area contributed by atoms with Gasteiger partial charge in [-0.2, -0.15) is 0 Å². The molecule has 2 fully saturated rings. The first-order valence-corrected chi connectivity index (χ1v) is 12.4. The molecular formula is C24H31N3O4S. The van der Waals surface area contributed by atoms with Crippen LogP contribution in [0.1, 0.15) is 17.7 Å². The summed E-state index contributed by atoms with van der Waals surface area (Å²) < 4.78 is 17.2. The van der Waals surface area contributed by atoms with Crippen molar-refractivity contribution >= 4 is 22.9 Å². The highest BCUT2D eigenvalue weighted by Gasteiger charge is 2.26. The molecule has 0 bridgehead atoms. The van der Waals surface area contributed by atoms with E-state index in [0.29, 0.717) is 38.2 Å². The highest BCUT2D eigenvalue weighted by Crippen LogP contribution is 2.34. The number of carbonyl (C=O) groups is 1. The van der Waals surface area contributed by atoms with Crippen LogP contribution in [-0.2, 0) is 16.1 Å². The van der Waals surface area contributed by atoms with Gasteiger partial charge in [0.15, 0.2) is 11.5 Å². The quantitative estimate of drug-likeness (QED) is 0.637. The van der Waals surface area contributed by atoms with E-state index in [1.807, 2.05) is 29.2 Å². The van der Waals surface area contributed by atoms with Gasteiger partial charge in [0, 0.05) is 56.0 Å². The van der Waals surface area contributed by atoms with Crippen molar-refractivity contribution in [3.63, 3.8) is 0 Å². The third-order valence-corrected chi connectivity index (χ3v) is 7.20. The Morgan fingerprint density at radius 2 is 1.84 bits per heavy atom. The summed E-state index contributed by atoms with van der Waals surface area (Å²) in [5.41, 5.74) is 0.852. The lowest BCUT2D eigenvalue weighted by Gasteiger charge is -2.36. The number of benzene rings is 1. The second kappa shape index (κ2) is 10.2. The van der Waals surface area contributed by atoms with Gasteiger partial charge in [-0.3, -0.25) is 14.6 Å². The third kappa shape index (κ3) is 5.26. The minimum absolute atomic E-state index is 0.114. The summed E-state index contributed by atoms with van der Waals surface area (Å²) in [4.78, 5) is 21.2. The molecule has 1 amide bonds. The molecule has 1 atom stereocenters. The second-order valence-electron chi connectivity index (χ2n) is 8.60. The molecule has 7 nitrogen and oxygen atoms in total. The van der Waals surface area contributed by atoms with E-state index < -0.39 is 0 Å². The van der Waals surface area contributed by atoms with Gasteiger partial charge < -0.3 is 19.1 Å². The largest absolute Gasteiger partial charge is 0.486 e. The number of amides is 1. The van der Waals surface area contributed by atoms with E-state index in [1.165, 1.54) is 12.8 Å². The van der Waals surface area contributed by atoms with Crippen LogP contribution in [0.25, 0.3) is 0 Å². The molecule has 4 heterocycles. The lowest BCUT2D eigenvalue weighted by Crippen LogP contribution is -2.51. The number of thiophene rings is 1. The van der Waals surface area contributed by atoms with Crippen LogP contribution in [0, 0.1) is 0 Å². The number of nitrogens with zero attached hydrogens (tertiary/aromatic N) is 3. The average molecular weight is 458 g/mol. The van der Waals surface area contributed by atoms with Crippen molar-refractivity contribution in [2.24, 2.45) is 0 Å². The lowest BCUT2D eigenvalue weighted by atomic mass is 10.2. The van der Waals surface area contributed by atoms with E-state index in [2.05, 4.69) is 21.2 Å². The van der Waals surface area contributed by atoms with Gasteiger partial charge >= 0.3 is 0 Å². The summed E-state index contributed by atoms with van der Waals surface area (Å²) in [6, 6.07) is 9.90. The number of hydrogen-bond donors (Lipinski definition) is 0. The number of carbonyl (C=O) groups excluding carboxylic acids is 1. The molecule has 1 aromatic heterocycles. The predicted octanol–water partition coefficient (Wildman–Crippen LogP) is 2.85. The molecule has 2 aromatic rings. The standard InChI is InChI=1S/C24H31N3O4S/c28-24(18-26-9-7-25(8-10-26)16-20-3-1-11-29-20)27(17-21-4-2-14-32-21)19-5-6-22-23(15-19)31-13-12-30-22/h2,4-6,14-15,20H,1,3,7-13,16-18H2. The molecule has 8 heteroatoms. The molecule has 1 unspecified atom stereocenters. The summed E-state index contributed by atoms with van der Waals surface area (Å²) >= 11 is 1.67. The molecule has 0 radical (unpaired) electrons. The van der Waals surface area contributed by atoms with E-state index >= 15 is 0 Å². The number of piperazine rings is 1. The van der Waals surface area contributed by atoms with Crippen LogP contribution >= 0.6 is 11.3 Å². The second-order valence-corrected chi connectivity index (χ2v) is 9.63. The molecule has 0 N–H and O–H groups in total. The SMILES string of the molecule is O=C(CN1CCN(CC2CCCO2)CC1)N(Cc1cccs1)c1ccc2c(c1)OCCO2. The van der Waals surface area contributed by atoms with Crippen LogP contribution in [0.2, 0.25) is 0 Å². The smallest absolute Gasteiger partial charge is 0.241 e. The average Bonchev–Trinajstić information content (AvgIpc) is 3.53. The summed E-state index contributed by atoms with van der Waals surface area (Å²) in [7, 11) is 0. The van der Waals surface area contributed by atoms with E-state index in [-0.39, 0.29) is 5.91 Å². The number of fused-ring (bicyclic) bond motifs is 1. The van der Waals surface area contributed by atoms with Crippen LogP contribution in [0.4, 0.5) is 5.69 Å². The summed E-state index contributed by atoms with van der Waals surface area (Å²) in [5, 5.41) is 2.05. The number of rotatable bonds is 7. The molecule has 1 aromatic carbocycles. The Balaban J connectivity index is 1.23. The van der Waals surface area contributed by atoms with Gasteiger partial charge in [0.25, 0.3) is 0 Å². The maximum atomic E-state index is 13.4. The van der Waals surface area contributed by atoms with Gasteiger partial charge in [0.05, 0.1) is 19.2 Å². The molecule has 32 heavy (non-hydrogen) atoms. The minimum Gasteiger partial charge on any atom is -0.486 e. The maximum Gasteiger partial charge on any atom is 0.241 e. The molecule has 2 saturated heterocycles. The highest BCUT2D eigenvalue weighted by molar-refractivity contribution is 7.09. The van der Waals surface area contributed by atoms with Crippen LogP contribution in [0.3, 0.4) is 0 Å². The fourth-order valence-corrected chi connectivity index (χ4v) is 5.26. The van der Waals surface area contributed by atoms with Crippen LogP contribution in [-0.4, -0.2) is 80.9 Å². The molecule has 3 aliphatic rings. The van der Waals surface area contributed by atoms with Crippen molar-refractivity contribution in [3.8, 4) is 11.5 Å². The Hall–Kier alpha value is -2.13. The molecule has 172 valence electrons. The summed E-state index contributed by atoms with van der Waals surface area (Å²) in [5.74, 6) is 1.56. The monoisotopic (exact) mass is 457 g/mol. The number of hydrogen-bond acceptors (Lipinski definition) is 7. The number of ether oxygens (including phenoxy) is 3. The first-order chi connectivity index (χ1) is 15.7. The summed E-state index contributed by atoms with van der Waals surface area (Å²) in [6.07, 6.45) is 2.74. The van der Waals surface area contributed by atoms with Gasteiger partial charge in [-0.25, -0.2) is 0 Å². The normalized spacial score (nSPS) is 21.6. The van der Waals surface area contributed by atoms with Crippen LogP contribution in [0.15, 0.2) is 35.7 Å². The maximum absolute atomic E-state index is 13.4. The third-order valence-electron chi connectivity index (χ3n) is 6.34. The van der Waals surface area contributed by atoms with Crippen molar-refractivity contribution in [1.82, 2.24) is 9.80 Å². The molecular weight excluding hydrogens is 426 g/mol. The molecule has 0 aliphatic carbocycles. The summed E-state index contributed by atoms with van der Waals surface area (Å²) in [6.45, 7) is 7.79. The van der Waals surface area contributed by atoms with Gasteiger partial charge in [0.2, 0.25) is 5.91 Å². The molecule has 0 saturated carbocycles. The Morgan fingerprint density at radius 3 is 2.59 bits per heavy atom. The van der Waals surface area contributed by atoms with E-state index in [4.69, 9.17) is 14.2 Å². The fourth-order valence-electron chi connectivity index (χ4n) is 4.56. The predicted molar refractivity (Wildman–Crippen MR) is 125 cm³/mol. The van der Waals surface area contributed by atoms with Gasteiger partial charge in [-0.1, -0.05) is 6.07 Å². The first kappa shape index (κ1) is 21.7. The van der Waals surface area contributed by atoms with Crippen LogP contribution < -0.4 is 14.4 Å². The topological polar surface area (TPSA) is 54.5 Å². The van der Waals surface area contributed by atoms with Gasteiger partial charge in [0.1, 0.15) is 13.2 Å².